The van der Waals surface area contributed by atoms with Crippen LogP contribution in [0.4, 0.5) is 0 Å². The van der Waals surface area contributed by atoms with E-state index in [-0.39, 0.29) is 18.7 Å². The van der Waals surface area contributed by atoms with Gasteiger partial charge in [0.1, 0.15) is 13.5 Å². The number of aryl methyl sites for hydroxylation is 2. The van der Waals surface area contributed by atoms with E-state index >= 15 is 0 Å². The summed E-state index contributed by atoms with van der Waals surface area (Å²) < 4.78 is 16.7. The molecule has 2 atom stereocenters. The largest absolute Gasteiger partial charge is 0.364 e. The molecule has 6 nitrogen and oxygen atoms in total. The van der Waals surface area contributed by atoms with Gasteiger partial charge in [0.2, 0.25) is 0 Å². The number of β-lactam (4-membered cyclic amide) rings is 1. The maximum absolute atomic E-state index is 13.3. The number of carbonyl (C=O) groups is 1. The number of hydrogen-bond acceptors (Lipinski definition) is 5. The van der Waals surface area contributed by atoms with Crippen molar-refractivity contribution >= 4 is 5.91 Å². The van der Waals surface area contributed by atoms with Crippen LogP contribution in [0, 0.1) is 18.8 Å². The van der Waals surface area contributed by atoms with Crippen molar-refractivity contribution in [3.63, 3.8) is 0 Å². The van der Waals surface area contributed by atoms with Gasteiger partial charge in [-0.1, -0.05) is 32.1 Å². The molecule has 0 bridgehead atoms. The van der Waals surface area contributed by atoms with Crippen LogP contribution in [-0.2, 0) is 31.8 Å². The lowest BCUT2D eigenvalue weighted by atomic mass is 9.75. The molecule has 1 saturated heterocycles. The fourth-order valence-electron chi connectivity index (χ4n) is 4.99. The molecule has 1 amide bonds. The number of methoxy groups -OCH3 is 2. The normalized spacial score (nSPS) is 25.7. The molecule has 6 heteroatoms. The van der Waals surface area contributed by atoms with Crippen molar-refractivity contribution in [1.82, 2.24) is 9.88 Å². The smallest absolute Gasteiger partial charge is 0.259 e. The van der Waals surface area contributed by atoms with Crippen LogP contribution < -0.4 is 0 Å². The lowest BCUT2D eigenvalue weighted by molar-refractivity contribution is -0.234. The Labute approximate surface area is 186 Å². The van der Waals surface area contributed by atoms with Gasteiger partial charge in [0.25, 0.3) is 5.91 Å². The Morgan fingerprint density at radius 3 is 2.52 bits per heavy atom. The van der Waals surface area contributed by atoms with E-state index in [1.54, 1.807) is 14.2 Å². The Kier molecular flexibility index (Phi) is 7.29. The summed E-state index contributed by atoms with van der Waals surface area (Å²) in [4.78, 5) is 19.8. The average molecular weight is 431 g/mol. The average Bonchev–Trinajstić information content (AvgIpc) is 3.68. The van der Waals surface area contributed by atoms with Gasteiger partial charge >= 0.3 is 0 Å². The predicted molar refractivity (Wildman–Crippen MR) is 119 cm³/mol. The number of aromatic nitrogens is 1. The monoisotopic (exact) mass is 430 g/mol. The van der Waals surface area contributed by atoms with E-state index in [0.717, 1.165) is 36.8 Å². The summed E-state index contributed by atoms with van der Waals surface area (Å²) in [6.45, 7) is 2.54. The predicted octanol–water partition coefficient (Wildman–Crippen LogP) is 4.03. The van der Waals surface area contributed by atoms with Crippen molar-refractivity contribution in [3.05, 3.63) is 29.1 Å². The minimum Gasteiger partial charge on any atom is -0.364 e. The third-order valence-electron chi connectivity index (χ3n) is 7.26. The minimum absolute atomic E-state index is 0.00267. The van der Waals surface area contributed by atoms with Gasteiger partial charge < -0.3 is 19.1 Å². The molecule has 172 valence electrons. The van der Waals surface area contributed by atoms with E-state index in [4.69, 9.17) is 19.2 Å². The number of carbonyl (C=O) groups excluding carboxylic acids is 1. The summed E-state index contributed by atoms with van der Waals surface area (Å²) in [6.07, 6.45) is 13.6. The van der Waals surface area contributed by atoms with Crippen LogP contribution in [-0.4, -0.2) is 55.2 Å². The second kappa shape index (κ2) is 9.97. The highest BCUT2D eigenvalue weighted by Crippen LogP contribution is 2.43. The fourth-order valence-corrected chi connectivity index (χ4v) is 4.99. The SMILES string of the molecule is COCO[C@@]1(Cc2cc(CCCC3CC3)c(C)cn2)C(=O)N(COC)[C@H]1CCC1CC1. The fraction of sp³-hybridized carbons (Fsp3) is 0.760. The van der Waals surface area contributed by atoms with E-state index in [1.165, 1.54) is 49.7 Å². The van der Waals surface area contributed by atoms with E-state index in [9.17, 15) is 4.79 Å². The third-order valence-corrected chi connectivity index (χ3v) is 7.26. The molecule has 1 aliphatic heterocycles. The Balaban J connectivity index is 1.50. The van der Waals surface area contributed by atoms with Crippen LogP contribution in [0.2, 0.25) is 0 Å². The summed E-state index contributed by atoms with van der Waals surface area (Å²) >= 11 is 0. The molecule has 2 saturated carbocycles. The van der Waals surface area contributed by atoms with Gasteiger partial charge in [-0.05, 0) is 61.6 Å². The second-order valence-electron chi connectivity index (χ2n) is 9.78. The van der Waals surface area contributed by atoms with E-state index < -0.39 is 5.60 Å². The van der Waals surface area contributed by atoms with Gasteiger partial charge in [-0.2, -0.15) is 0 Å². The standard InChI is InChI=1S/C25H38N2O4/c1-18-15-26-22(13-21(18)6-4-5-19-7-8-19)14-25(31-17-30-3)23(12-11-20-9-10-20)27(16-29-2)24(25)28/h13,15,19-20,23H,4-12,14,16-17H2,1-3H3/t23-,25+/m0/s1. The van der Waals surface area contributed by atoms with Crippen molar-refractivity contribution < 1.29 is 19.0 Å². The van der Waals surface area contributed by atoms with E-state index in [0.29, 0.717) is 13.2 Å². The van der Waals surface area contributed by atoms with Crippen molar-refractivity contribution in [1.29, 1.82) is 0 Å². The summed E-state index contributed by atoms with van der Waals surface area (Å²) in [5.74, 6) is 1.75. The number of amides is 1. The lowest BCUT2D eigenvalue weighted by Crippen LogP contribution is -2.76. The molecule has 0 radical (unpaired) electrons. The molecule has 31 heavy (non-hydrogen) atoms. The zero-order valence-corrected chi connectivity index (χ0v) is 19.4. The topological polar surface area (TPSA) is 60.9 Å². The third kappa shape index (κ3) is 5.29. The zero-order valence-electron chi connectivity index (χ0n) is 19.4. The molecule has 1 aromatic rings. The van der Waals surface area contributed by atoms with E-state index in [2.05, 4.69) is 13.0 Å². The number of rotatable bonds is 14. The first kappa shape index (κ1) is 22.7. The Bertz CT molecular complexity index is 762. The van der Waals surface area contributed by atoms with Crippen molar-refractivity contribution in [3.8, 4) is 0 Å². The van der Waals surface area contributed by atoms with Crippen LogP contribution in [0.25, 0.3) is 0 Å². The first-order valence-electron chi connectivity index (χ1n) is 11.9. The van der Waals surface area contributed by atoms with Gasteiger partial charge in [-0.3, -0.25) is 9.78 Å². The summed E-state index contributed by atoms with van der Waals surface area (Å²) in [6, 6.07) is 2.20. The maximum Gasteiger partial charge on any atom is 0.259 e. The Morgan fingerprint density at radius 1 is 1.10 bits per heavy atom. The molecule has 0 spiro atoms. The maximum atomic E-state index is 13.3. The molecule has 0 N–H and O–H groups in total. The van der Waals surface area contributed by atoms with Gasteiger partial charge in [-0.25, -0.2) is 0 Å². The number of ether oxygens (including phenoxy) is 3. The minimum atomic E-state index is -0.906. The number of likely N-dealkylation sites (tertiary alicyclic amines) is 1. The molecule has 3 fully saturated rings. The quantitative estimate of drug-likeness (QED) is 0.329. The van der Waals surface area contributed by atoms with Crippen LogP contribution in [0.5, 0.6) is 0 Å². The van der Waals surface area contributed by atoms with Gasteiger partial charge in [0.15, 0.2) is 5.60 Å². The molecular weight excluding hydrogens is 392 g/mol. The van der Waals surface area contributed by atoms with Crippen LogP contribution in [0.3, 0.4) is 0 Å². The number of hydrogen-bond donors (Lipinski definition) is 0. The molecule has 2 aliphatic carbocycles. The van der Waals surface area contributed by atoms with Crippen LogP contribution in [0.15, 0.2) is 12.3 Å². The molecule has 4 rings (SSSR count). The highest BCUT2D eigenvalue weighted by Gasteiger charge is 2.61. The highest BCUT2D eigenvalue weighted by molar-refractivity contribution is 5.93. The molecule has 1 aromatic heterocycles. The second-order valence-corrected chi connectivity index (χ2v) is 9.78. The van der Waals surface area contributed by atoms with Gasteiger partial charge in [0.05, 0.1) is 6.04 Å². The van der Waals surface area contributed by atoms with E-state index in [1.807, 2.05) is 11.1 Å². The zero-order chi connectivity index (χ0) is 21.8. The summed E-state index contributed by atoms with van der Waals surface area (Å²) in [7, 11) is 3.24. The number of nitrogens with zero attached hydrogens (tertiary/aromatic N) is 2. The summed E-state index contributed by atoms with van der Waals surface area (Å²) in [5.41, 5.74) is 2.61. The van der Waals surface area contributed by atoms with Crippen molar-refractivity contribution in [2.75, 3.05) is 27.7 Å². The Morgan fingerprint density at radius 2 is 1.84 bits per heavy atom. The molecule has 0 aromatic carbocycles. The van der Waals surface area contributed by atoms with Crippen molar-refractivity contribution in [2.24, 2.45) is 11.8 Å². The first-order valence-corrected chi connectivity index (χ1v) is 11.9. The molecule has 0 unspecified atom stereocenters. The molecule has 2 heterocycles. The summed E-state index contributed by atoms with van der Waals surface area (Å²) in [5, 5.41) is 0. The van der Waals surface area contributed by atoms with Gasteiger partial charge in [-0.15, -0.1) is 0 Å². The highest BCUT2D eigenvalue weighted by atomic mass is 16.7. The van der Waals surface area contributed by atoms with Gasteiger partial charge in [0, 0.05) is 32.5 Å². The Hall–Kier alpha value is -1.50. The lowest BCUT2D eigenvalue weighted by Gasteiger charge is -2.55. The molecule has 3 aliphatic rings. The van der Waals surface area contributed by atoms with Crippen LogP contribution >= 0.6 is 0 Å². The number of pyridine rings is 1. The van der Waals surface area contributed by atoms with Crippen LogP contribution in [0.1, 0.15) is 68.2 Å². The molecular formula is C25H38N2O4. The van der Waals surface area contributed by atoms with Crippen molar-refractivity contribution in [2.45, 2.75) is 82.8 Å². The first-order chi connectivity index (χ1) is 15.1.